The van der Waals surface area contributed by atoms with E-state index < -0.39 is 0 Å². The Hall–Kier alpha value is -1.55. The predicted molar refractivity (Wildman–Crippen MR) is 63.8 cm³/mol. The van der Waals surface area contributed by atoms with Gasteiger partial charge in [-0.15, -0.1) is 0 Å². The lowest BCUT2D eigenvalue weighted by Gasteiger charge is -2.09. The average Bonchev–Trinajstić information content (AvgIpc) is 2.29. The molecule has 0 amide bonds. The van der Waals surface area contributed by atoms with Crippen molar-refractivity contribution in [2.45, 2.75) is 26.7 Å². The van der Waals surface area contributed by atoms with Gasteiger partial charge in [-0.2, -0.15) is 0 Å². The Morgan fingerprint density at radius 3 is 2.20 bits per heavy atom. The maximum atomic E-state index is 5.57. The molecule has 0 saturated carbocycles. The van der Waals surface area contributed by atoms with Crippen LogP contribution in [0.1, 0.15) is 25.0 Å². The fourth-order valence-corrected chi connectivity index (χ4v) is 1.51. The number of guanidine groups is 1. The van der Waals surface area contributed by atoms with Crippen molar-refractivity contribution in [3.05, 3.63) is 29.3 Å². The van der Waals surface area contributed by atoms with Gasteiger partial charge >= 0.3 is 0 Å². The van der Waals surface area contributed by atoms with Crippen LogP contribution >= 0.6 is 0 Å². The molecule has 0 saturated heterocycles. The largest absolute Gasteiger partial charge is 0.369 e. The minimum Gasteiger partial charge on any atom is -0.369 e. The molecule has 0 fully saturated rings. The second-order valence-electron chi connectivity index (χ2n) is 3.27. The van der Waals surface area contributed by atoms with Crippen molar-refractivity contribution in [3.8, 4) is 0 Å². The first-order valence-electron chi connectivity index (χ1n) is 5.14. The molecule has 0 atom stereocenters. The number of hydrazine groups is 1. The topological polar surface area (TPSA) is 76.4 Å². The summed E-state index contributed by atoms with van der Waals surface area (Å²) in [7, 11) is 0. The van der Waals surface area contributed by atoms with E-state index in [1.807, 2.05) is 6.07 Å². The molecule has 5 N–H and O–H groups in total. The van der Waals surface area contributed by atoms with Gasteiger partial charge in [-0.1, -0.05) is 32.0 Å². The SMILES string of the molecule is CCc1cccc(CC)c1N=C(N)NN. The Bertz CT molecular complexity index is 335. The number of aryl methyl sites for hydroxylation is 2. The molecule has 15 heavy (non-hydrogen) atoms. The van der Waals surface area contributed by atoms with Gasteiger partial charge in [0.25, 0.3) is 0 Å². The van der Waals surface area contributed by atoms with E-state index in [0.29, 0.717) is 0 Å². The van der Waals surface area contributed by atoms with Crippen molar-refractivity contribution in [1.29, 1.82) is 0 Å². The molecular formula is C11H18N4. The Morgan fingerprint density at radius 1 is 1.27 bits per heavy atom. The van der Waals surface area contributed by atoms with Crippen LogP contribution in [0.5, 0.6) is 0 Å². The molecule has 0 bridgehead atoms. The summed E-state index contributed by atoms with van der Waals surface area (Å²) >= 11 is 0. The summed E-state index contributed by atoms with van der Waals surface area (Å²) in [5, 5.41) is 0. The molecule has 82 valence electrons. The van der Waals surface area contributed by atoms with Crippen LogP contribution in [0.25, 0.3) is 0 Å². The van der Waals surface area contributed by atoms with Gasteiger partial charge in [0.05, 0.1) is 5.69 Å². The Morgan fingerprint density at radius 2 is 1.80 bits per heavy atom. The number of hydrogen-bond donors (Lipinski definition) is 3. The molecule has 1 aromatic carbocycles. The van der Waals surface area contributed by atoms with Crippen molar-refractivity contribution >= 4 is 11.6 Å². The van der Waals surface area contributed by atoms with Crippen LogP contribution in [0.2, 0.25) is 0 Å². The molecule has 0 radical (unpaired) electrons. The van der Waals surface area contributed by atoms with Gasteiger partial charge in [0, 0.05) is 0 Å². The average molecular weight is 206 g/mol. The van der Waals surface area contributed by atoms with Crippen molar-refractivity contribution in [3.63, 3.8) is 0 Å². The summed E-state index contributed by atoms with van der Waals surface area (Å²) < 4.78 is 0. The maximum Gasteiger partial charge on any atom is 0.208 e. The van der Waals surface area contributed by atoms with E-state index >= 15 is 0 Å². The second-order valence-corrected chi connectivity index (χ2v) is 3.27. The van der Waals surface area contributed by atoms with E-state index in [4.69, 9.17) is 11.6 Å². The third-order valence-corrected chi connectivity index (χ3v) is 2.35. The Kier molecular flexibility index (Phi) is 4.12. The third-order valence-electron chi connectivity index (χ3n) is 2.35. The number of nitrogens with two attached hydrogens (primary N) is 2. The number of nitrogens with zero attached hydrogens (tertiary/aromatic N) is 1. The highest BCUT2D eigenvalue weighted by atomic mass is 15.3. The van der Waals surface area contributed by atoms with Crippen LogP contribution in [0.15, 0.2) is 23.2 Å². The van der Waals surface area contributed by atoms with Crippen molar-refractivity contribution in [1.82, 2.24) is 5.43 Å². The van der Waals surface area contributed by atoms with E-state index in [0.717, 1.165) is 18.5 Å². The molecule has 1 aromatic rings. The monoisotopic (exact) mass is 206 g/mol. The molecule has 1 rings (SSSR count). The second kappa shape index (κ2) is 5.36. The highest BCUT2D eigenvalue weighted by Crippen LogP contribution is 2.25. The molecule has 0 aliphatic heterocycles. The van der Waals surface area contributed by atoms with Crippen LogP contribution < -0.4 is 17.0 Å². The summed E-state index contributed by atoms with van der Waals surface area (Å²) in [5.74, 6) is 5.44. The molecule has 0 aliphatic rings. The Balaban J connectivity index is 3.22. The lowest BCUT2D eigenvalue weighted by atomic mass is 10.0. The molecular weight excluding hydrogens is 188 g/mol. The minimum absolute atomic E-state index is 0.241. The minimum atomic E-state index is 0.241. The summed E-state index contributed by atoms with van der Waals surface area (Å²) in [5.41, 5.74) is 11.2. The standard InChI is InChI=1S/C11H18N4/c1-3-8-6-5-7-9(4-2)10(8)14-11(12)15-13/h5-7H,3-4,13H2,1-2H3,(H3,12,14,15). The highest BCUT2D eigenvalue weighted by molar-refractivity contribution is 5.81. The highest BCUT2D eigenvalue weighted by Gasteiger charge is 2.05. The zero-order valence-corrected chi connectivity index (χ0v) is 9.25. The molecule has 0 heterocycles. The zero-order chi connectivity index (χ0) is 11.3. The fraction of sp³-hybridized carbons (Fsp3) is 0.364. The first-order chi connectivity index (χ1) is 7.22. The number of benzene rings is 1. The normalized spacial score (nSPS) is 11.5. The third kappa shape index (κ3) is 2.70. The van der Waals surface area contributed by atoms with Gasteiger partial charge in [-0.05, 0) is 24.0 Å². The maximum absolute atomic E-state index is 5.57. The quantitative estimate of drug-likeness (QED) is 0.301. The molecule has 4 heteroatoms. The van der Waals surface area contributed by atoms with Gasteiger partial charge in [0.1, 0.15) is 0 Å². The fourth-order valence-electron chi connectivity index (χ4n) is 1.51. The molecule has 0 aromatic heterocycles. The molecule has 4 nitrogen and oxygen atoms in total. The summed E-state index contributed by atoms with van der Waals surface area (Å²) in [6.45, 7) is 4.19. The molecule has 0 aliphatic carbocycles. The van der Waals surface area contributed by atoms with E-state index in [9.17, 15) is 0 Å². The van der Waals surface area contributed by atoms with Crippen molar-refractivity contribution < 1.29 is 0 Å². The van der Waals surface area contributed by atoms with E-state index in [1.54, 1.807) is 0 Å². The van der Waals surface area contributed by atoms with Gasteiger partial charge < -0.3 is 5.73 Å². The van der Waals surface area contributed by atoms with Gasteiger partial charge in [-0.25, -0.2) is 10.8 Å². The van der Waals surface area contributed by atoms with Crippen molar-refractivity contribution in [2.24, 2.45) is 16.6 Å². The number of aliphatic imine (C=N–C) groups is 1. The van der Waals surface area contributed by atoms with Crippen molar-refractivity contribution in [2.75, 3.05) is 0 Å². The predicted octanol–water partition coefficient (Wildman–Crippen LogP) is 1.22. The Labute approximate surface area is 90.4 Å². The van der Waals surface area contributed by atoms with Gasteiger partial charge in [-0.3, -0.25) is 5.43 Å². The van der Waals surface area contributed by atoms with E-state index in [1.165, 1.54) is 11.1 Å². The van der Waals surface area contributed by atoms with Gasteiger partial charge in [0.15, 0.2) is 0 Å². The summed E-state index contributed by atoms with van der Waals surface area (Å²) in [6, 6.07) is 6.16. The summed E-state index contributed by atoms with van der Waals surface area (Å²) in [4.78, 5) is 4.28. The van der Waals surface area contributed by atoms with Crippen LogP contribution in [-0.4, -0.2) is 5.96 Å². The first kappa shape index (κ1) is 11.5. The zero-order valence-electron chi connectivity index (χ0n) is 9.25. The number of rotatable bonds is 3. The molecule has 0 spiro atoms. The lowest BCUT2D eigenvalue weighted by molar-refractivity contribution is 0.999. The van der Waals surface area contributed by atoms with Crippen LogP contribution in [-0.2, 0) is 12.8 Å². The number of nitrogens with one attached hydrogen (secondary N) is 1. The lowest BCUT2D eigenvalue weighted by Crippen LogP contribution is -2.36. The number of hydrogen-bond acceptors (Lipinski definition) is 2. The van der Waals surface area contributed by atoms with Gasteiger partial charge in [0.2, 0.25) is 5.96 Å². The smallest absolute Gasteiger partial charge is 0.208 e. The van der Waals surface area contributed by atoms with Crippen LogP contribution in [0, 0.1) is 0 Å². The van der Waals surface area contributed by atoms with E-state index in [-0.39, 0.29) is 5.96 Å². The first-order valence-corrected chi connectivity index (χ1v) is 5.14. The van der Waals surface area contributed by atoms with E-state index in [2.05, 4.69) is 36.4 Å². The van der Waals surface area contributed by atoms with Crippen LogP contribution in [0.4, 0.5) is 5.69 Å². The number of para-hydroxylation sites is 1. The summed E-state index contributed by atoms with van der Waals surface area (Å²) in [6.07, 6.45) is 1.87. The van der Waals surface area contributed by atoms with Crippen LogP contribution in [0.3, 0.4) is 0 Å². The molecule has 0 unspecified atom stereocenters.